The minimum Gasteiger partial charge on any atom is -0.381 e. The van der Waals surface area contributed by atoms with Crippen LogP contribution in [-0.4, -0.2) is 131 Å². The maximum Gasteiger partial charge on any atom is 0.247 e. The van der Waals surface area contributed by atoms with Gasteiger partial charge in [0.15, 0.2) is 21.9 Å². The lowest BCUT2D eigenvalue weighted by molar-refractivity contribution is -0.0168. The molecule has 2 atom stereocenters. The average molecular weight is 578 g/mol. The first kappa shape index (κ1) is 28.1. The number of nitrogen functional groups attached to an aromatic ring is 2. The number of rotatable bonds is 1. The van der Waals surface area contributed by atoms with Crippen molar-refractivity contribution in [2.24, 2.45) is 0 Å². The summed E-state index contributed by atoms with van der Waals surface area (Å²) < 4.78 is 10.9. The molecule has 17 heteroatoms. The lowest BCUT2D eigenvalue weighted by atomic mass is 10.1. The van der Waals surface area contributed by atoms with Crippen molar-refractivity contribution < 1.29 is 9.47 Å². The number of nitrogens with zero attached hydrogens (tertiary/aromatic N) is 9. The molecule has 0 unspecified atom stereocenters. The molecule has 204 valence electrons. The highest BCUT2D eigenvalue weighted by atomic mass is 35.5. The summed E-state index contributed by atoms with van der Waals surface area (Å²) in [5, 5.41) is 18.1. The summed E-state index contributed by atoms with van der Waals surface area (Å²) in [4.78, 5) is 14.7. The van der Waals surface area contributed by atoms with E-state index in [-0.39, 0.29) is 27.2 Å². The Morgan fingerprint density at radius 1 is 0.757 bits per heavy atom. The van der Waals surface area contributed by atoms with E-state index in [2.05, 4.69) is 50.4 Å². The van der Waals surface area contributed by atoms with Crippen molar-refractivity contribution in [1.82, 2.24) is 45.5 Å². The normalized spacial score (nSPS) is 24.0. The second kappa shape index (κ2) is 13.8. The summed E-state index contributed by atoms with van der Waals surface area (Å²) in [7, 11) is 0. The molecule has 4 aliphatic heterocycles. The van der Waals surface area contributed by atoms with E-state index in [0.717, 1.165) is 72.2 Å². The Labute approximate surface area is 229 Å². The number of fused-ring (bicyclic) bond motifs is 2. The van der Waals surface area contributed by atoms with Gasteiger partial charge in [0.25, 0.3) is 0 Å². The van der Waals surface area contributed by atoms with Crippen LogP contribution in [0.25, 0.3) is 0 Å². The van der Waals surface area contributed by atoms with Crippen LogP contribution < -0.4 is 21.7 Å². The summed E-state index contributed by atoms with van der Waals surface area (Å²) >= 11 is 16.4. The molecule has 0 aliphatic carbocycles. The van der Waals surface area contributed by atoms with Gasteiger partial charge in [-0.25, -0.2) is 0 Å². The molecular formula is C20H31Cl3N12O2. The summed E-state index contributed by atoms with van der Waals surface area (Å²) in [5.74, 6) is 0.864. The van der Waals surface area contributed by atoms with Crippen LogP contribution in [0.5, 0.6) is 0 Å². The van der Waals surface area contributed by atoms with Gasteiger partial charge in [0.1, 0.15) is 0 Å². The van der Waals surface area contributed by atoms with Crippen LogP contribution in [0.1, 0.15) is 0 Å². The van der Waals surface area contributed by atoms with Gasteiger partial charge < -0.3 is 31.2 Å². The van der Waals surface area contributed by atoms with Gasteiger partial charge in [0.2, 0.25) is 11.2 Å². The highest BCUT2D eigenvalue weighted by Crippen LogP contribution is 2.20. The van der Waals surface area contributed by atoms with Gasteiger partial charge in [-0.05, 0) is 11.6 Å². The Morgan fingerprint density at radius 3 is 2.05 bits per heavy atom. The van der Waals surface area contributed by atoms with Crippen molar-refractivity contribution in [1.29, 1.82) is 0 Å². The smallest absolute Gasteiger partial charge is 0.247 e. The topological polar surface area (TPSA) is 170 Å². The molecule has 4 aliphatic rings. The first-order valence-electron chi connectivity index (χ1n) is 12.0. The molecular weight excluding hydrogens is 547 g/mol. The number of nitrogens with two attached hydrogens (primary N) is 2. The van der Waals surface area contributed by atoms with Crippen molar-refractivity contribution in [2.45, 2.75) is 12.1 Å². The molecule has 0 radical (unpaired) electrons. The molecule has 2 aromatic rings. The van der Waals surface area contributed by atoms with Crippen LogP contribution in [0.2, 0.25) is 15.6 Å². The summed E-state index contributed by atoms with van der Waals surface area (Å²) in [6, 6.07) is 1.05. The van der Waals surface area contributed by atoms with Crippen LogP contribution in [-0.2, 0) is 9.47 Å². The van der Waals surface area contributed by atoms with Gasteiger partial charge in [-0.3, -0.25) is 9.80 Å². The van der Waals surface area contributed by atoms with Crippen molar-refractivity contribution in [3.63, 3.8) is 0 Å². The van der Waals surface area contributed by atoms with E-state index in [1.54, 1.807) is 0 Å². The van der Waals surface area contributed by atoms with Gasteiger partial charge in [-0.15, -0.1) is 20.4 Å². The third-order valence-corrected chi connectivity index (χ3v) is 7.03. The zero-order valence-electron chi connectivity index (χ0n) is 20.3. The van der Waals surface area contributed by atoms with Gasteiger partial charge >= 0.3 is 0 Å². The van der Waals surface area contributed by atoms with Crippen molar-refractivity contribution >= 4 is 52.4 Å². The van der Waals surface area contributed by atoms with Crippen LogP contribution >= 0.6 is 34.8 Å². The van der Waals surface area contributed by atoms with Gasteiger partial charge in [-0.2, -0.15) is 9.97 Å². The Kier molecular flexibility index (Phi) is 10.5. The predicted molar refractivity (Wildman–Crippen MR) is 141 cm³/mol. The SMILES string of the molecule is C1CN2CCOC[C@@H]2CN1.Nc1nc(Cl)nnc1Cl.Nc1nc(N2CCN3CCOC[C@@H]3C2)nnc1Cl. The number of morpholine rings is 2. The van der Waals surface area contributed by atoms with E-state index in [0.29, 0.717) is 18.0 Å². The van der Waals surface area contributed by atoms with E-state index in [1.807, 2.05) is 0 Å². The van der Waals surface area contributed by atoms with Gasteiger partial charge in [-0.1, -0.05) is 23.2 Å². The Balaban J connectivity index is 0.000000143. The van der Waals surface area contributed by atoms with Crippen molar-refractivity contribution in [3.05, 3.63) is 15.6 Å². The van der Waals surface area contributed by atoms with E-state index >= 15 is 0 Å². The number of hydrogen-bond acceptors (Lipinski definition) is 14. The predicted octanol–water partition coefficient (Wildman–Crippen LogP) is -0.321. The van der Waals surface area contributed by atoms with Crippen LogP contribution in [0.15, 0.2) is 0 Å². The highest BCUT2D eigenvalue weighted by molar-refractivity contribution is 6.32. The third-order valence-electron chi connectivity index (χ3n) is 6.33. The molecule has 5 N–H and O–H groups in total. The fourth-order valence-corrected chi connectivity index (χ4v) is 4.63. The summed E-state index contributed by atoms with van der Waals surface area (Å²) in [5.41, 5.74) is 10.8. The van der Waals surface area contributed by atoms with Gasteiger partial charge in [0.05, 0.1) is 32.5 Å². The van der Waals surface area contributed by atoms with E-state index < -0.39 is 0 Å². The monoisotopic (exact) mass is 576 g/mol. The zero-order valence-corrected chi connectivity index (χ0v) is 22.5. The molecule has 6 rings (SSSR count). The van der Waals surface area contributed by atoms with E-state index in [1.165, 1.54) is 6.54 Å². The third kappa shape index (κ3) is 8.04. The largest absolute Gasteiger partial charge is 0.381 e. The highest BCUT2D eigenvalue weighted by Gasteiger charge is 2.31. The maximum absolute atomic E-state index is 5.72. The molecule has 4 fully saturated rings. The first-order chi connectivity index (χ1) is 17.9. The Hall–Kier alpha value is -1.91. The lowest BCUT2D eigenvalue weighted by Crippen LogP contribution is -2.58. The number of aromatic nitrogens is 6. The van der Waals surface area contributed by atoms with E-state index in [4.69, 9.17) is 55.7 Å². The molecule has 0 amide bonds. The van der Waals surface area contributed by atoms with Crippen molar-refractivity contribution in [3.8, 4) is 0 Å². The van der Waals surface area contributed by atoms with Crippen molar-refractivity contribution in [2.75, 3.05) is 95.2 Å². The second-order valence-corrected chi connectivity index (χ2v) is 9.78. The van der Waals surface area contributed by atoms with Crippen LogP contribution in [0, 0.1) is 0 Å². The molecule has 2 aromatic heterocycles. The van der Waals surface area contributed by atoms with E-state index in [9.17, 15) is 0 Å². The molecule has 0 aromatic carbocycles. The number of nitrogens with one attached hydrogen (secondary N) is 1. The maximum atomic E-state index is 5.72. The molecule has 0 bridgehead atoms. The first-order valence-corrected chi connectivity index (χ1v) is 13.1. The molecule has 0 saturated carbocycles. The number of halogens is 3. The molecule has 6 heterocycles. The lowest BCUT2D eigenvalue weighted by Gasteiger charge is -2.43. The summed E-state index contributed by atoms with van der Waals surface area (Å²) in [6.45, 7) is 11.7. The number of hydrogen-bond donors (Lipinski definition) is 3. The van der Waals surface area contributed by atoms with Crippen LogP contribution in [0.3, 0.4) is 0 Å². The summed E-state index contributed by atoms with van der Waals surface area (Å²) in [6.07, 6.45) is 0. The van der Waals surface area contributed by atoms with Crippen LogP contribution in [0.4, 0.5) is 17.6 Å². The molecule has 4 saturated heterocycles. The van der Waals surface area contributed by atoms with Gasteiger partial charge in [0, 0.05) is 58.4 Å². The minimum absolute atomic E-state index is 0.00287. The Bertz CT molecular complexity index is 999. The number of piperazine rings is 2. The Morgan fingerprint density at radius 2 is 1.41 bits per heavy atom. The fraction of sp³-hybridized carbons (Fsp3) is 0.700. The average Bonchev–Trinajstić information content (AvgIpc) is 2.93. The standard InChI is InChI=1S/C10H15ClN6O.C7H14N2O.C3H2Cl2N4/c11-8-9(12)13-10(15-14-8)17-2-1-16-3-4-18-6-7(16)5-17;1-2-9-3-4-10-6-7(9)5-8-1;4-1-2(6)7-3(5)9-8-1/h7H,1-6H2,(H2,12,13,15);7-8H,1-6H2;(H2,6,7,9)/t2*7-;/m00./s1. The number of anilines is 3. The molecule has 37 heavy (non-hydrogen) atoms. The molecule has 0 spiro atoms. The quantitative estimate of drug-likeness (QED) is 0.403. The zero-order chi connectivity index (χ0) is 26.2. The number of ether oxygens (including phenoxy) is 2. The second-order valence-electron chi connectivity index (χ2n) is 8.72. The minimum atomic E-state index is -0.00287. The fourth-order valence-electron chi connectivity index (χ4n) is 4.35. The molecule has 14 nitrogen and oxygen atoms in total.